The molecule has 0 atom stereocenters. The van der Waals surface area contributed by atoms with Crippen molar-refractivity contribution in [1.82, 2.24) is 0 Å². The summed E-state index contributed by atoms with van der Waals surface area (Å²) in [6.45, 7) is 0. The number of nitro benzene ring substituents is 1. The Morgan fingerprint density at radius 1 is 1.33 bits per heavy atom. The molecule has 1 aliphatic heterocycles. The van der Waals surface area contributed by atoms with Crippen LogP contribution in [-0.2, 0) is 4.79 Å². The van der Waals surface area contributed by atoms with E-state index in [-0.39, 0.29) is 14.8 Å². The summed E-state index contributed by atoms with van der Waals surface area (Å²) in [7, 11) is 0. The number of fused-ring (bicyclic) bond motifs is 1. The molecular weight excluding hydrogens is 315 g/mol. The van der Waals surface area contributed by atoms with Gasteiger partial charge in [0, 0.05) is 6.07 Å². The molecule has 6 nitrogen and oxygen atoms in total. The SMILES string of the molecule is O=C1Nc2ccc([N+](=O)[O-])c(I)c2C1=O. The second-order valence-electron chi connectivity index (χ2n) is 2.86. The molecule has 15 heavy (non-hydrogen) atoms. The predicted octanol–water partition coefficient (Wildman–Crippen LogP) is 1.33. The van der Waals surface area contributed by atoms with Crippen LogP contribution in [0.1, 0.15) is 10.4 Å². The zero-order valence-electron chi connectivity index (χ0n) is 7.11. The highest BCUT2D eigenvalue weighted by atomic mass is 127. The summed E-state index contributed by atoms with van der Waals surface area (Å²) < 4.78 is 0.193. The van der Waals surface area contributed by atoms with Crippen LogP contribution in [0.25, 0.3) is 0 Å². The van der Waals surface area contributed by atoms with Gasteiger partial charge in [0.15, 0.2) is 0 Å². The van der Waals surface area contributed by atoms with Gasteiger partial charge < -0.3 is 5.32 Å². The quantitative estimate of drug-likeness (QED) is 0.366. The molecule has 0 fully saturated rings. The Bertz CT molecular complexity index is 512. The molecule has 0 aliphatic carbocycles. The lowest BCUT2D eigenvalue weighted by Gasteiger charge is -2.00. The summed E-state index contributed by atoms with van der Waals surface area (Å²) >= 11 is 1.69. The van der Waals surface area contributed by atoms with Crippen molar-refractivity contribution in [3.8, 4) is 0 Å². The van der Waals surface area contributed by atoms with Crippen LogP contribution in [0.3, 0.4) is 0 Å². The van der Waals surface area contributed by atoms with E-state index in [1.54, 1.807) is 22.6 Å². The molecule has 0 radical (unpaired) electrons. The molecule has 1 aromatic carbocycles. The number of ketones is 1. The lowest BCUT2D eigenvalue weighted by Crippen LogP contribution is -2.13. The summed E-state index contributed by atoms with van der Waals surface area (Å²) in [6, 6.07) is 2.62. The molecule has 0 aromatic heterocycles. The molecule has 0 saturated carbocycles. The first-order chi connectivity index (χ1) is 7.02. The topological polar surface area (TPSA) is 89.3 Å². The number of hydrogen-bond donors (Lipinski definition) is 1. The summed E-state index contributed by atoms with van der Waals surface area (Å²) in [5.74, 6) is -1.47. The second kappa shape index (κ2) is 3.26. The largest absolute Gasteiger partial charge is 0.318 e. The molecule has 1 amide bonds. The zero-order valence-corrected chi connectivity index (χ0v) is 9.27. The highest BCUT2D eigenvalue weighted by Gasteiger charge is 2.33. The van der Waals surface area contributed by atoms with Gasteiger partial charge in [-0.2, -0.15) is 0 Å². The van der Waals surface area contributed by atoms with Gasteiger partial charge in [-0.15, -0.1) is 0 Å². The van der Waals surface area contributed by atoms with Gasteiger partial charge in [0.05, 0.1) is 16.2 Å². The third kappa shape index (κ3) is 1.39. The second-order valence-corrected chi connectivity index (χ2v) is 3.94. The fraction of sp³-hybridized carbons (Fsp3) is 0. The van der Waals surface area contributed by atoms with Gasteiger partial charge in [-0.05, 0) is 28.7 Å². The molecule has 1 heterocycles. The van der Waals surface area contributed by atoms with E-state index in [2.05, 4.69) is 5.32 Å². The van der Waals surface area contributed by atoms with Crippen LogP contribution in [0.5, 0.6) is 0 Å². The summed E-state index contributed by atoms with van der Waals surface area (Å²) in [6.07, 6.45) is 0. The highest BCUT2D eigenvalue weighted by Crippen LogP contribution is 2.33. The van der Waals surface area contributed by atoms with Crippen molar-refractivity contribution < 1.29 is 14.5 Å². The number of benzene rings is 1. The van der Waals surface area contributed by atoms with Crippen molar-refractivity contribution in [2.24, 2.45) is 0 Å². The molecule has 0 unspecified atom stereocenters. The minimum Gasteiger partial charge on any atom is -0.318 e. The standard InChI is InChI=1S/C8H3IN2O4/c9-6-4(11(14)15)2-1-3-5(6)7(12)8(13)10-3/h1-2H,(H,10,12,13). The normalized spacial score (nSPS) is 13.7. The third-order valence-corrected chi connectivity index (χ3v) is 3.09. The number of nitrogens with one attached hydrogen (secondary N) is 1. The van der Waals surface area contributed by atoms with Crippen LogP contribution in [0.15, 0.2) is 12.1 Å². The van der Waals surface area contributed by atoms with Gasteiger partial charge in [0.25, 0.3) is 17.4 Å². The summed E-state index contributed by atoms with van der Waals surface area (Å²) in [5.41, 5.74) is 0.258. The van der Waals surface area contributed by atoms with E-state index in [0.717, 1.165) is 0 Å². The summed E-state index contributed by atoms with van der Waals surface area (Å²) in [4.78, 5) is 32.4. The monoisotopic (exact) mass is 318 g/mol. The van der Waals surface area contributed by atoms with Crippen LogP contribution >= 0.6 is 22.6 Å². The molecule has 7 heteroatoms. The molecule has 1 aromatic rings. The van der Waals surface area contributed by atoms with Gasteiger partial charge >= 0.3 is 0 Å². The van der Waals surface area contributed by atoms with E-state index in [1.165, 1.54) is 12.1 Å². The number of amides is 1. The molecule has 0 bridgehead atoms. The number of hydrogen-bond acceptors (Lipinski definition) is 4. The Morgan fingerprint density at radius 3 is 2.60 bits per heavy atom. The van der Waals surface area contributed by atoms with E-state index in [0.29, 0.717) is 5.69 Å². The van der Waals surface area contributed by atoms with Crippen LogP contribution in [-0.4, -0.2) is 16.6 Å². The fourth-order valence-corrected chi connectivity index (χ4v) is 2.24. The van der Waals surface area contributed by atoms with Crippen molar-refractivity contribution in [2.45, 2.75) is 0 Å². The van der Waals surface area contributed by atoms with E-state index < -0.39 is 16.6 Å². The smallest absolute Gasteiger partial charge is 0.296 e. The maximum atomic E-state index is 11.4. The summed E-state index contributed by atoms with van der Waals surface area (Å²) in [5, 5.41) is 12.9. The molecule has 2 rings (SSSR count). The van der Waals surface area contributed by atoms with Crippen LogP contribution in [0.4, 0.5) is 11.4 Å². The Hall–Kier alpha value is -1.51. The van der Waals surface area contributed by atoms with Gasteiger partial charge in [-0.25, -0.2) is 0 Å². The predicted molar refractivity (Wildman–Crippen MR) is 58.8 cm³/mol. The molecular formula is C8H3IN2O4. The first-order valence-corrected chi connectivity index (χ1v) is 4.93. The number of halogens is 1. The fourth-order valence-electron chi connectivity index (χ4n) is 1.32. The van der Waals surface area contributed by atoms with E-state index in [1.807, 2.05) is 0 Å². The molecule has 1 N–H and O–H groups in total. The number of Topliss-reactive ketones (excluding diaryl/α,β-unsaturated/α-hetero) is 1. The van der Waals surface area contributed by atoms with E-state index >= 15 is 0 Å². The van der Waals surface area contributed by atoms with Gasteiger partial charge in [-0.1, -0.05) is 0 Å². The zero-order chi connectivity index (χ0) is 11.2. The number of nitrogens with zero attached hydrogens (tertiary/aromatic N) is 1. The minimum absolute atomic E-state index is 0.0924. The Kier molecular flexibility index (Phi) is 2.18. The number of rotatable bonds is 1. The molecule has 0 spiro atoms. The number of nitro groups is 1. The van der Waals surface area contributed by atoms with E-state index in [4.69, 9.17) is 0 Å². The van der Waals surface area contributed by atoms with Crippen molar-refractivity contribution >= 4 is 45.7 Å². The molecule has 76 valence electrons. The van der Waals surface area contributed by atoms with Crippen molar-refractivity contribution in [3.63, 3.8) is 0 Å². The third-order valence-electron chi connectivity index (χ3n) is 2.00. The van der Waals surface area contributed by atoms with Gasteiger partial charge in [-0.3, -0.25) is 19.7 Å². The average molecular weight is 318 g/mol. The Balaban J connectivity index is 2.70. The Morgan fingerprint density at radius 2 is 2.00 bits per heavy atom. The van der Waals surface area contributed by atoms with Gasteiger partial charge in [0.2, 0.25) is 0 Å². The molecule has 0 saturated heterocycles. The van der Waals surface area contributed by atoms with Gasteiger partial charge in [0.1, 0.15) is 3.57 Å². The lowest BCUT2D eigenvalue weighted by molar-refractivity contribution is -0.385. The average Bonchev–Trinajstić information content (AvgIpc) is 2.43. The van der Waals surface area contributed by atoms with Crippen molar-refractivity contribution in [3.05, 3.63) is 31.4 Å². The minimum atomic E-state index is -0.747. The van der Waals surface area contributed by atoms with Crippen molar-refractivity contribution in [2.75, 3.05) is 5.32 Å². The highest BCUT2D eigenvalue weighted by molar-refractivity contribution is 14.1. The lowest BCUT2D eigenvalue weighted by atomic mass is 10.1. The van der Waals surface area contributed by atoms with Crippen LogP contribution in [0.2, 0.25) is 0 Å². The number of carbonyl (C=O) groups excluding carboxylic acids is 2. The van der Waals surface area contributed by atoms with Crippen molar-refractivity contribution in [1.29, 1.82) is 0 Å². The molecule has 1 aliphatic rings. The van der Waals surface area contributed by atoms with Crippen LogP contribution in [0, 0.1) is 13.7 Å². The first kappa shape index (κ1) is 10.0. The number of anilines is 1. The maximum Gasteiger partial charge on any atom is 0.296 e. The maximum absolute atomic E-state index is 11.4. The first-order valence-electron chi connectivity index (χ1n) is 3.85. The van der Waals surface area contributed by atoms with E-state index in [9.17, 15) is 19.7 Å². The van der Waals surface area contributed by atoms with Crippen LogP contribution < -0.4 is 5.32 Å². The number of carbonyl (C=O) groups is 2. The Labute approximate surface area is 96.9 Å².